The molecule has 7 nitrogen and oxygen atoms in total. The molecule has 0 fully saturated rings. The Morgan fingerprint density at radius 3 is 2.68 bits per heavy atom. The van der Waals surface area contributed by atoms with Crippen LogP contribution in [-0.2, 0) is 21.2 Å². The molecule has 0 spiro atoms. The average Bonchev–Trinajstić information content (AvgIpc) is 3.02. The Hall–Kier alpha value is -1.55. The van der Waals surface area contributed by atoms with Crippen LogP contribution in [0.2, 0.25) is 5.02 Å². The van der Waals surface area contributed by atoms with Gasteiger partial charge in [-0.2, -0.15) is 0 Å². The molecule has 0 unspecified atom stereocenters. The molecule has 2 aromatic rings. The van der Waals surface area contributed by atoms with Gasteiger partial charge in [0.2, 0.25) is 15.4 Å². The summed E-state index contributed by atoms with van der Waals surface area (Å²) < 4.78 is 26.7. The van der Waals surface area contributed by atoms with Crippen LogP contribution in [0.1, 0.15) is 25.8 Å². The van der Waals surface area contributed by atoms with Crippen LogP contribution in [0, 0.1) is 5.92 Å². The third-order valence-electron chi connectivity index (χ3n) is 3.26. The van der Waals surface area contributed by atoms with Crippen molar-refractivity contribution in [3.05, 3.63) is 34.9 Å². The number of hydrogen-bond donors (Lipinski definition) is 2. The summed E-state index contributed by atoms with van der Waals surface area (Å²) in [5.74, 6) is -0.473. The summed E-state index contributed by atoms with van der Waals surface area (Å²) in [4.78, 5) is 11.6. The maximum Gasteiger partial charge on any atom is 0.269 e. The highest BCUT2D eigenvalue weighted by atomic mass is 35.5. The minimum absolute atomic E-state index is 0.162. The molecular weight excluding hydrogens is 384 g/mol. The van der Waals surface area contributed by atoms with Crippen LogP contribution in [0.3, 0.4) is 0 Å². The number of aromatic nitrogens is 2. The largest absolute Gasteiger partial charge is 0.300 e. The molecule has 0 atom stereocenters. The summed E-state index contributed by atoms with van der Waals surface area (Å²) in [5.41, 5.74) is 0.970. The van der Waals surface area contributed by atoms with Crippen LogP contribution in [0.5, 0.6) is 0 Å². The normalized spacial score (nSPS) is 11.7. The maximum absolute atomic E-state index is 12.2. The number of amides is 1. The Morgan fingerprint density at radius 2 is 2.00 bits per heavy atom. The van der Waals surface area contributed by atoms with Crippen LogP contribution in [0.15, 0.2) is 28.6 Å². The van der Waals surface area contributed by atoms with Crippen LogP contribution in [-0.4, -0.2) is 31.1 Å². The van der Waals surface area contributed by atoms with Gasteiger partial charge in [0.1, 0.15) is 0 Å². The maximum atomic E-state index is 12.2. The van der Waals surface area contributed by atoms with E-state index in [1.165, 1.54) is 0 Å². The molecular formula is C15H19ClN4O3S2. The van der Waals surface area contributed by atoms with Gasteiger partial charge in [-0.05, 0) is 24.5 Å². The van der Waals surface area contributed by atoms with E-state index in [0.717, 1.165) is 16.9 Å². The average molecular weight is 403 g/mol. The molecule has 0 saturated heterocycles. The topological polar surface area (TPSA) is 101 Å². The number of sulfonamides is 1. The second kappa shape index (κ2) is 8.70. The molecule has 2 N–H and O–H groups in total. The van der Waals surface area contributed by atoms with Crippen molar-refractivity contribution < 1.29 is 13.2 Å². The number of carbonyl (C=O) groups is 1. The highest BCUT2D eigenvalue weighted by molar-refractivity contribution is 7.91. The Kier molecular flexibility index (Phi) is 6.88. The number of rotatable bonds is 8. The van der Waals surface area contributed by atoms with Gasteiger partial charge in [0, 0.05) is 17.5 Å². The predicted molar refractivity (Wildman–Crippen MR) is 98.3 cm³/mol. The number of nitrogens with zero attached hydrogens (tertiary/aromatic N) is 2. The molecule has 2 rings (SSSR count). The summed E-state index contributed by atoms with van der Waals surface area (Å²) in [6.45, 7) is 3.71. The quantitative estimate of drug-likeness (QED) is 0.522. The van der Waals surface area contributed by atoms with Gasteiger partial charge in [0.15, 0.2) is 0 Å². The van der Waals surface area contributed by atoms with E-state index in [1.54, 1.807) is 19.9 Å². The fraction of sp³-hybridized carbons (Fsp3) is 0.400. The number of nitrogens with one attached hydrogen (secondary N) is 2. The van der Waals surface area contributed by atoms with E-state index < -0.39 is 10.0 Å². The molecule has 1 aromatic carbocycles. The minimum Gasteiger partial charge on any atom is -0.300 e. The molecule has 0 aliphatic heterocycles. The first-order valence-corrected chi connectivity index (χ1v) is 10.3. The Labute approximate surface area is 155 Å². The number of hydrogen-bond acceptors (Lipinski definition) is 6. The second-order valence-electron chi connectivity index (χ2n) is 5.61. The highest BCUT2D eigenvalue weighted by Gasteiger charge is 2.20. The lowest BCUT2D eigenvalue weighted by atomic mass is 10.1. The van der Waals surface area contributed by atoms with Gasteiger partial charge >= 0.3 is 0 Å². The first kappa shape index (κ1) is 19.8. The number of carbonyl (C=O) groups excluding carboxylic acids is 1. The third-order valence-corrected chi connectivity index (χ3v) is 6.30. The van der Waals surface area contributed by atoms with Gasteiger partial charge < -0.3 is 5.32 Å². The van der Waals surface area contributed by atoms with Gasteiger partial charge in [-0.15, -0.1) is 10.2 Å². The Bertz CT molecular complexity index is 837. The fourth-order valence-electron chi connectivity index (χ4n) is 1.87. The van der Waals surface area contributed by atoms with Crippen molar-refractivity contribution in [2.45, 2.75) is 31.0 Å². The van der Waals surface area contributed by atoms with E-state index in [0.29, 0.717) is 17.9 Å². The van der Waals surface area contributed by atoms with Crippen LogP contribution in [0.25, 0.3) is 0 Å². The molecule has 0 bridgehead atoms. The van der Waals surface area contributed by atoms with Gasteiger partial charge in [-0.1, -0.05) is 55.0 Å². The van der Waals surface area contributed by atoms with Gasteiger partial charge in [-0.3, -0.25) is 4.79 Å². The van der Waals surface area contributed by atoms with Crippen LogP contribution in [0.4, 0.5) is 5.13 Å². The zero-order valence-corrected chi connectivity index (χ0v) is 16.2. The van der Waals surface area contributed by atoms with E-state index >= 15 is 0 Å². The van der Waals surface area contributed by atoms with E-state index in [-0.39, 0.29) is 27.8 Å². The van der Waals surface area contributed by atoms with Crippen molar-refractivity contribution >= 4 is 44.0 Å². The molecule has 0 radical (unpaired) electrons. The van der Waals surface area contributed by atoms with Crippen molar-refractivity contribution in [2.24, 2.45) is 5.92 Å². The first-order chi connectivity index (χ1) is 11.8. The molecule has 0 aliphatic carbocycles. The standard InChI is InChI=1S/C15H19ClN4O3S2/c1-10(2)13(21)18-14-19-20-15(24-14)25(22,23)17-9-5-7-11-6-3-4-8-12(11)16/h3-4,6,8,10,17H,5,7,9H2,1-2H3,(H,18,19,21). The smallest absolute Gasteiger partial charge is 0.269 e. The molecule has 25 heavy (non-hydrogen) atoms. The minimum atomic E-state index is -3.75. The first-order valence-electron chi connectivity index (χ1n) is 7.67. The SMILES string of the molecule is CC(C)C(=O)Nc1nnc(S(=O)(=O)NCCCc2ccccc2Cl)s1. The van der Waals surface area contributed by atoms with Gasteiger partial charge in [0.25, 0.3) is 10.0 Å². The van der Waals surface area contributed by atoms with E-state index in [4.69, 9.17) is 11.6 Å². The Balaban J connectivity index is 1.88. The number of aryl methyl sites for hydroxylation is 1. The van der Waals surface area contributed by atoms with E-state index in [1.807, 2.05) is 18.2 Å². The van der Waals surface area contributed by atoms with Crippen molar-refractivity contribution in [1.29, 1.82) is 0 Å². The van der Waals surface area contributed by atoms with E-state index in [2.05, 4.69) is 20.2 Å². The van der Waals surface area contributed by atoms with Gasteiger partial charge in [0.05, 0.1) is 0 Å². The summed E-state index contributed by atoms with van der Waals surface area (Å²) in [7, 11) is -3.75. The van der Waals surface area contributed by atoms with Crippen molar-refractivity contribution in [2.75, 3.05) is 11.9 Å². The molecule has 136 valence electrons. The lowest BCUT2D eigenvalue weighted by molar-refractivity contribution is -0.118. The Morgan fingerprint density at radius 1 is 1.28 bits per heavy atom. The zero-order valence-electron chi connectivity index (χ0n) is 13.8. The fourth-order valence-corrected chi connectivity index (χ4v) is 4.11. The molecule has 1 heterocycles. The zero-order chi connectivity index (χ0) is 18.4. The van der Waals surface area contributed by atoms with Crippen molar-refractivity contribution in [3.63, 3.8) is 0 Å². The molecule has 1 aromatic heterocycles. The number of halogens is 1. The van der Waals surface area contributed by atoms with Crippen LogP contribution >= 0.6 is 22.9 Å². The third kappa shape index (κ3) is 5.74. The molecule has 0 aliphatic rings. The predicted octanol–water partition coefficient (Wildman–Crippen LogP) is 2.70. The summed E-state index contributed by atoms with van der Waals surface area (Å²) >= 11 is 6.88. The van der Waals surface area contributed by atoms with Crippen molar-refractivity contribution in [1.82, 2.24) is 14.9 Å². The monoisotopic (exact) mass is 402 g/mol. The lowest BCUT2D eigenvalue weighted by Gasteiger charge is -2.05. The highest BCUT2D eigenvalue weighted by Crippen LogP contribution is 2.20. The summed E-state index contributed by atoms with van der Waals surface area (Å²) in [6.07, 6.45) is 1.26. The lowest BCUT2D eigenvalue weighted by Crippen LogP contribution is -2.25. The molecule has 0 saturated carbocycles. The molecule has 1 amide bonds. The van der Waals surface area contributed by atoms with Gasteiger partial charge in [-0.25, -0.2) is 13.1 Å². The van der Waals surface area contributed by atoms with Crippen LogP contribution < -0.4 is 10.0 Å². The number of anilines is 1. The summed E-state index contributed by atoms with van der Waals surface area (Å²) in [6, 6.07) is 7.44. The summed E-state index contributed by atoms with van der Waals surface area (Å²) in [5, 5.41) is 10.7. The second-order valence-corrected chi connectivity index (χ2v) is 8.94. The van der Waals surface area contributed by atoms with E-state index in [9.17, 15) is 13.2 Å². The molecule has 10 heteroatoms. The number of benzene rings is 1. The van der Waals surface area contributed by atoms with Crippen molar-refractivity contribution in [3.8, 4) is 0 Å².